The quantitative estimate of drug-likeness (QED) is 0.112. The van der Waals surface area contributed by atoms with Gasteiger partial charge in [-0.3, -0.25) is 24.0 Å². The molecule has 14 heteroatoms. The molecule has 0 saturated carbocycles. The number of carbonyl (C=O) groups is 6. The van der Waals surface area contributed by atoms with Gasteiger partial charge in [-0.15, -0.1) is 0 Å². The summed E-state index contributed by atoms with van der Waals surface area (Å²) in [4.78, 5) is 76.6. The average molecular weight is 581 g/mol. The summed E-state index contributed by atoms with van der Waals surface area (Å²) >= 11 is 0. The van der Waals surface area contributed by atoms with Gasteiger partial charge in [-0.25, -0.2) is 4.79 Å². The molecule has 3 aromatic rings. The molecule has 4 unspecified atom stereocenters. The van der Waals surface area contributed by atoms with Crippen molar-refractivity contribution < 1.29 is 39.0 Å². The van der Waals surface area contributed by atoms with E-state index in [9.17, 15) is 39.0 Å². The number of aliphatic carboxylic acids is 2. The lowest BCUT2D eigenvalue weighted by atomic mass is 10.0. The van der Waals surface area contributed by atoms with Gasteiger partial charge in [0.25, 0.3) is 0 Å². The number of nitrogens with two attached hydrogens (primary N) is 2. The van der Waals surface area contributed by atoms with Crippen molar-refractivity contribution in [2.75, 3.05) is 0 Å². The molecule has 0 radical (unpaired) electrons. The minimum Gasteiger partial charge on any atom is -0.481 e. The molecular formula is C28H32N6O8. The van der Waals surface area contributed by atoms with E-state index in [1.807, 2.05) is 29.6 Å². The van der Waals surface area contributed by atoms with Crippen LogP contribution in [0.5, 0.6) is 0 Å². The van der Waals surface area contributed by atoms with Crippen LogP contribution in [0.2, 0.25) is 0 Å². The van der Waals surface area contributed by atoms with E-state index in [2.05, 4.69) is 15.6 Å². The first-order chi connectivity index (χ1) is 19.9. The number of carboxylic acid groups (broad SMARTS) is 2. The minimum absolute atomic E-state index is 0.0551. The molecule has 0 aliphatic rings. The fourth-order valence-electron chi connectivity index (χ4n) is 4.30. The Morgan fingerprint density at radius 2 is 1.33 bits per heavy atom. The number of amides is 4. The highest BCUT2D eigenvalue weighted by molar-refractivity contribution is 5.97. The number of H-pyrrole nitrogens is 1. The maximum Gasteiger partial charge on any atom is 0.326 e. The summed E-state index contributed by atoms with van der Waals surface area (Å²) in [5.74, 6) is -6.82. The smallest absolute Gasteiger partial charge is 0.326 e. The largest absolute Gasteiger partial charge is 0.481 e. The summed E-state index contributed by atoms with van der Waals surface area (Å²) in [6.45, 7) is 0. The summed E-state index contributed by atoms with van der Waals surface area (Å²) in [6.07, 6.45) is 0.105. The zero-order chi connectivity index (χ0) is 30.8. The number of carbonyl (C=O) groups excluding carboxylic acids is 4. The Hall–Kier alpha value is -5.24. The number of aromatic nitrogens is 1. The SMILES string of the molecule is NC(=O)CC(NC(=O)C(CC(=O)O)NC(=O)C(Cc1c[nH]c2ccccc12)NC(=O)C(N)Cc1ccccc1)C(=O)O. The molecule has 1 aromatic heterocycles. The molecule has 0 fully saturated rings. The number of benzene rings is 2. The zero-order valence-corrected chi connectivity index (χ0v) is 22.4. The topological polar surface area (TPSA) is 247 Å². The standard InChI is InChI=1S/C28H32N6O8/c29-18(10-15-6-2-1-3-7-15)25(38)32-20(11-16-14-31-19-9-5-4-8-17(16)19)26(39)33-21(13-24(36)37)27(40)34-22(28(41)42)12-23(30)35/h1-9,14,18,20-22,31H,10-13,29H2,(H2,30,35)(H,32,38)(H,33,39)(H,34,40)(H,36,37)(H,41,42). The van der Waals surface area contributed by atoms with Crippen LogP contribution in [-0.4, -0.2) is 74.9 Å². The Morgan fingerprint density at radius 1 is 0.738 bits per heavy atom. The Kier molecular flexibility index (Phi) is 10.7. The number of primary amides is 1. The minimum atomic E-state index is -1.75. The van der Waals surface area contributed by atoms with Crippen LogP contribution in [0, 0.1) is 0 Å². The average Bonchev–Trinajstić information content (AvgIpc) is 3.34. The Morgan fingerprint density at radius 3 is 1.98 bits per heavy atom. The van der Waals surface area contributed by atoms with Crippen molar-refractivity contribution in [1.82, 2.24) is 20.9 Å². The number of fused-ring (bicyclic) bond motifs is 1. The van der Waals surface area contributed by atoms with Gasteiger partial charge in [0.05, 0.1) is 18.9 Å². The van der Waals surface area contributed by atoms with E-state index in [0.29, 0.717) is 5.56 Å². The second kappa shape index (κ2) is 14.4. The van der Waals surface area contributed by atoms with Crippen molar-refractivity contribution in [1.29, 1.82) is 0 Å². The summed E-state index contributed by atoms with van der Waals surface area (Å²) < 4.78 is 0. The number of nitrogens with one attached hydrogen (secondary N) is 4. The van der Waals surface area contributed by atoms with Gasteiger partial charge in [-0.05, 0) is 23.6 Å². The zero-order valence-electron chi connectivity index (χ0n) is 22.4. The van der Waals surface area contributed by atoms with Crippen molar-refractivity contribution >= 4 is 46.5 Å². The third-order valence-corrected chi connectivity index (χ3v) is 6.40. The lowest BCUT2D eigenvalue weighted by Crippen LogP contribution is -2.58. The second-order valence-electron chi connectivity index (χ2n) is 9.65. The second-order valence-corrected chi connectivity index (χ2v) is 9.65. The molecule has 14 nitrogen and oxygen atoms in total. The predicted molar refractivity (Wildman–Crippen MR) is 150 cm³/mol. The number of hydrogen-bond acceptors (Lipinski definition) is 7. The molecule has 42 heavy (non-hydrogen) atoms. The van der Waals surface area contributed by atoms with Crippen molar-refractivity contribution in [3.63, 3.8) is 0 Å². The van der Waals surface area contributed by atoms with E-state index in [4.69, 9.17) is 11.5 Å². The maximum atomic E-state index is 13.5. The summed E-state index contributed by atoms with van der Waals surface area (Å²) in [7, 11) is 0. The van der Waals surface area contributed by atoms with Crippen LogP contribution >= 0.6 is 0 Å². The molecule has 3 rings (SSSR count). The molecule has 0 saturated heterocycles. The third-order valence-electron chi connectivity index (χ3n) is 6.40. The van der Waals surface area contributed by atoms with Crippen LogP contribution in [0.25, 0.3) is 10.9 Å². The van der Waals surface area contributed by atoms with Gasteiger partial charge < -0.3 is 42.6 Å². The highest BCUT2D eigenvalue weighted by atomic mass is 16.4. The first kappa shape index (κ1) is 31.3. The fraction of sp³-hybridized carbons (Fsp3) is 0.286. The van der Waals surface area contributed by atoms with Gasteiger partial charge in [0.2, 0.25) is 23.6 Å². The van der Waals surface area contributed by atoms with Crippen molar-refractivity contribution in [2.24, 2.45) is 11.5 Å². The van der Waals surface area contributed by atoms with Crippen LogP contribution in [0.3, 0.4) is 0 Å². The first-order valence-corrected chi connectivity index (χ1v) is 12.9. The molecule has 0 aliphatic carbocycles. The number of carboxylic acids is 2. The summed E-state index contributed by atoms with van der Waals surface area (Å²) in [6, 6.07) is 10.4. The van der Waals surface area contributed by atoms with Crippen molar-refractivity contribution in [3.05, 3.63) is 71.9 Å². The number of rotatable bonds is 15. The van der Waals surface area contributed by atoms with E-state index >= 15 is 0 Å². The van der Waals surface area contributed by atoms with Gasteiger partial charge >= 0.3 is 11.9 Å². The monoisotopic (exact) mass is 580 g/mol. The molecule has 0 aliphatic heterocycles. The van der Waals surface area contributed by atoms with E-state index in [0.717, 1.165) is 16.5 Å². The molecule has 4 amide bonds. The Labute approximate surface area is 239 Å². The summed E-state index contributed by atoms with van der Waals surface area (Å²) in [5.41, 5.74) is 13.4. The number of hydrogen-bond donors (Lipinski definition) is 8. The van der Waals surface area contributed by atoms with E-state index in [1.165, 1.54) is 0 Å². The van der Waals surface area contributed by atoms with E-state index in [-0.39, 0.29) is 12.8 Å². The Bertz CT molecular complexity index is 1460. The maximum absolute atomic E-state index is 13.5. The van der Waals surface area contributed by atoms with Gasteiger partial charge in [0.15, 0.2) is 0 Å². The molecular weight excluding hydrogens is 548 g/mol. The highest BCUT2D eigenvalue weighted by Crippen LogP contribution is 2.19. The lowest BCUT2D eigenvalue weighted by Gasteiger charge is -2.24. The van der Waals surface area contributed by atoms with Gasteiger partial charge in [0, 0.05) is 23.5 Å². The first-order valence-electron chi connectivity index (χ1n) is 12.9. The van der Waals surface area contributed by atoms with Gasteiger partial charge in [0.1, 0.15) is 18.1 Å². The molecule has 2 aromatic carbocycles. The lowest BCUT2D eigenvalue weighted by molar-refractivity contribution is -0.144. The third kappa shape index (κ3) is 8.89. The Balaban J connectivity index is 1.84. The molecule has 4 atom stereocenters. The molecule has 10 N–H and O–H groups in total. The van der Waals surface area contributed by atoms with Gasteiger partial charge in [-0.2, -0.15) is 0 Å². The molecule has 222 valence electrons. The number of aromatic amines is 1. The number of para-hydroxylation sites is 1. The van der Waals surface area contributed by atoms with Crippen LogP contribution in [0.1, 0.15) is 24.0 Å². The van der Waals surface area contributed by atoms with Crippen LogP contribution in [0.4, 0.5) is 0 Å². The molecule has 0 spiro atoms. The molecule has 1 heterocycles. The normalized spacial score (nSPS) is 13.7. The van der Waals surface area contributed by atoms with Gasteiger partial charge in [-0.1, -0.05) is 48.5 Å². The van der Waals surface area contributed by atoms with Crippen LogP contribution in [-0.2, 0) is 41.6 Å². The van der Waals surface area contributed by atoms with E-state index < -0.39 is 72.6 Å². The predicted octanol–water partition coefficient (Wildman–Crippen LogP) is -0.830. The fourth-order valence-corrected chi connectivity index (χ4v) is 4.30. The van der Waals surface area contributed by atoms with Crippen molar-refractivity contribution in [3.8, 4) is 0 Å². The molecule has 0 bridgehead atoms. The highest BCUT2D eigenvalue weighted by Gasteiger charge is 2.32. The van der Waals surface area contributed by atoms with Crippen LogP contribution in [0.15, 0.2) is 60.8 Å². The van der Waals surface area contributed by atoms with Crippen molar-refractivity contribution in [2.45, 2.75) is 49.9 Å². The van der Waals surface area contributed by atoms with E-state index in [1.54, 1.807) is 36.5 Å². The summed E-state index contributed by atoms with van der Waals surface area (Å²) in [5, 5.41) is 26.3. The van der Waals surface area contributed by atoms with Crippen LogP contribution < -0.4 is 27.4 Å².